The number of hydrogen-bond acceptors (Lipinski definition) is 7. The number of nitro benzene ring substituents is 1. The number of nitrogens with zero attached hydrogens (tertiary/aromatic N) is 4. The van der Waals surface area contributed by atoms with Gasteiger partial charge in [0.1, 0.15) is 17.3 Å². The van der Waals surface area contributed by atoms with Gasteiger partial charge in [-0.15, -0.1) is 0 Å². The number of nitrogens with one attached hydrogen (secondary N) is 2. The molecule has 9 heteroatoms. The van der Waals surface area contributed by atoms with Gasteiger partial charge >= 0.3 is 0 Å². The molecule has 27 heavy (non-hydrogen) atoms. The van der Waals surface area contributed by atoms with Gasteiger partial charge in [0.05, 0.1) is 16.7 Å². The van der Waals surface area contributed by atoms with Crippen molar-refractivity contribution < 1.29 is 9.31 Å². The van der Waals surface area contributed by atoms with Crippen LogP contribution in [-0.4, -0.2) is 47.0 Å². The summed E-state index contributed by atoms with van der Waals surface area (Å²) in [6.07, 6.45) is 3.09. The van der Waals surface area contributed by atoms with E-state index in [1.807, 2.05) is 14.1 Å². The second-order valence-corrected chi connectivity index (χ2v) is 6.90. The Morgan fingerprint density at radius 1 is 1.30 bits per heavy atom. The molecule has 0 spiro atoms. The molecule has 0 amide bonds. The van der Waals surface area contributed by atoms with Gasteiger partial charge in [-0.3, -0.25) is 10.1 Å². The van der Waals surface area contributed by atoms with E-state index < -0.39 is 10.7 Å². The Bertz CT molecular complexity index is 825. The van der Waals surface area contributed by atoms with E-state index in [2.05, 4.69) is 25.5 Å². The summed E-state index contributed by atoms with van der Waals surface area (Å²) in [6.45, 7) is 1.67. The molecule has 0 saturated heterocycles. The predicted molar refractivity (Wildman–Crippen MR) is 102 cm³/mol. The van der Waals surface area contributed by atoms with E-state index in [0.29, 0.717) is 17.7 Å². The molecule has 1 heterocycles. The number of nitro groups is 1. The summed E-state index contributed by atoms with van der Waals surface area (Å²) < 4.78 is 13.3. The van der Waals surface area contributed by atoms with E-state index >= 15 is 0 Å². The molecule has 2 N–H and O–H groups in total. The highest BCUT2D eigenvalue weighted by atomic mass is 19.1. The van der Waals surface area contributed by atoms with Crippen LogP contribution in [0, 0.1) is 15.9 Å². The summed E-state index contributed by atoms with van der Waals surface area (Å²) in [5.41, 5.74) is 0.773. The standard InChI is InChI=1S/C18H23FN6O2/c1-24(2)9-3-8-20-18-22-15(12-4-5-12)11-17(23-18)21-14-7-6-13(19)10-16(14)25(26)27/h6-7,10-12H,3-5,8-9H2,1-2H3,(H2,20,21,22,23). The lowest BCUT2D eigenvalue weighted by molar-refractivity contribution is -0.384. The maximum Gasteiger partial charge on any atom is 0.295 e. The first-order valence-corrected chi connectivity index (χ1v) is 8.91. The van der Waals surface area contributed by atoms with Gasteiger partial charge in [0.2, 0.25) is 5.95 Å². The third-order valence-corrected chi connectivity index (χ3v) is 4.23. The highest BCUT2D eigenvalue weighted by Crippen LogP contribution is 2.40. The maximum atomic E-state index is 13.3. The lowest BCUT2D eigenvalue weighted by Gasteiger charge is -2.12. The average molecular weight is 374 g/mol. The summed E-state index contributed by atoms with van der Waals surface area (Å²) >= 11 is 0. The molecule has 0 atom stereocenters. The van der Waals surface area contributed by atoms with Crippen LogP contribution in [-0.2, 0) is 0 Å². The molecule has 2 aromatic rings. The third-order valence-electron chi connectivity index (χ3n) is 4.23. The summed E-state index contributed by atoms with van der Waals surface area (Å²) in [6, 6.07) is 5.22. The van der Waals surface area contributed by atoms with Gasteiger partial charge in [-0.05, 0) is 52.0 Å². The lowest BCUT2D eigenvalue weighted by Crippen LogP contribution is -2.17. The first kappa shape index (κ1) is 19.0. The normalized spacial score (nSPS) is 13.6. The molecule has 1 aliphatic rings. The first-order valence-electron chi connectivity index (χ1n) is 8.91. The van der Waals surface area contributed by atoms with Gasteiger partial charge in [0.25, 0.3) is 5.69 Å². The lowest BCUT2D eigenvalue weighted by atomic mass is 10.2. The molecule has 144 valence electrons. The molecule has 1 aromatic heterocycles. The number of halogens is 1. The summed E-state index contributed by atoms with van der Waals surface area (Å²) in [5, 5.41) is 17.4. The molecule has 3 rings (SSSR count). The molecule has 0 bridgehead atoms. The van der Waals surface area contributed by atoms with E-state index in [4.69, 9.17) is 0 Å². The fourth-order valence-electron chi connectivity index (χ4n) is 2.69. The minimum Gasteiger partial charge on any atom is -0.354 e. The minimum atomic E-state index is -0.656. The number of hydrogen-bond donors (Lipinski definition) is 2. The van der Waals surface area contributed by atoms with Crippen molar-refractivity contribution in [2.75, 3.05) is 37.8 Å². The molecule has 1 aliphatic carbocycles. The van der Waals surface area contributed by atoms with Crippen LogP contribution in [0.15, 0.2) is 24.3 Å². The highest BCUT2D eigenvalue weighted by Gasteiger charge is 2.26. The van der Waals surface area contributed by atoms with Crippen LogP contribution in [0.3, 0.4) is 0 Å². The van der Waals surface area contributed by atoms with E-state index in [-0.39, 0.29) is 11.4 Å². The van der Waals surface area contributed by atoms with E-state index in [1.54, 1.807) is 6.07 Å². The molecule has 0 unspecified atom stereocenters. The van der Waals surface area contributed by atoms with Gasteiger partial charge in [0, 0.05) is 18.5 Å². The molecule has 1 saturated carbocycles. The van der Waals surface area contributed by atoms with Crippen LogP contribution in [0.2, 0.25) is 0 Å². The Hall–Kier alpha value is -2.81. The summed E-state index contributed by atoms with van der Waals surface area (Å²) in [5.74, 6) is 0.693. The van der Waals surface area contributed by atoms with Crippen LogP contribution >= 0.6 is 0 Å². The number of aromatic nitrogens is 2. The Kier molecular flexibility index (Phi) is 5.80. The Morgan fingerprint density at radius 3 is 2.74 bits per heavy atom. The third kappa shape index (κ3) is 5.33. The molecular weight excluding hydrogens is 351 g/mol. The first-order chi connectivity index (χ1) is 12.9. The Morgan fingerprint density at radius 2 is 2.07 bits per heavy atom. The molecule has 8 nitrogen and oxygen atoms in total. The smallest absolute Gasteiger partial charge is 0.295 e. The van der Waals surface area contributed by atoms with E-state index in [1.165, 1.54) is 12.1 Å². The summed E-state index contributed by atoms with van der Waals surface area (Å²) in [7, 11) is 4.03. The van der Waals surface area contributed by atoms with Crippen molar-refractivity contribution in [2.45, 2.75) is 25.2 Å². The Labute approximate surface area is 157 Å². The van der Waals surface area contributed by atoms with Crippen molar-refractivity contribution in [3.63, 3.8) is 0 Å². The molecular formula is C18H23FN6O2. The van der Waals surface area contributed by atoms with Gasteiger partial charge in [0.15, 0.2) is 0 Å². The van der Waals surface area contributed by atoms with Gasteiger partial charge in [-0.2, -0.15) is 4.98 Å². The van der Waals surface area contributed by atoms with Crippen LogP contribution < -0.4 is 10.6 Å². The van der Waals surface area contributed by atoms with Gasteiger partial charge < -0.3 is 15.5 Å². The molecule has 0 aliphatic heterocycles. The molecule has 1 aromatic carbocycles. The van der Waals surface area contributed by atoms with Crippen LogP contribution in [0.4, 0.5) is 27.5 Å². The second kappa shape index (κ2) is 8.26. The quantitative estimate of drug-likeness (QED) is 0.394. The van der Waals surface area contributed by atoms with Crippen molar-refractivity contribution >= 4 is 23.1 Å². The topological polar surface area (TPSA) is 96.2 Å². The zero-order chi connectivity index (χ0) is 19.4. The number of rotatable bonds is 9. The summed E-state index contributed by atoms with van der Waals surface area (Å²) in [4.78, 5) is 21.7. The van der Waals surface area contributed by atoms with Crippen molar-refractivity contribution in [2.24, 2.45) is 0 Å². The van der Waals surface area contributed by atoms with Gasteiger partial charge in [-0.1, -0.05) is 0 Å². The van der Waals surface area contributed by atoms with Crippen LogP contribution in [0.25, 0.3) is 0 Å². The van der Waals surface area contributed by atoms with E-state index in [0.717, 1.165) is 44.1 Å². The van der Waals surface area contributed by atoms with Gasteiger partial charge in [-0.25, -0.2) is 9.37 Å². The SMILES string of the molecule is CN(C)CCCNc1nc(Nc2ccc(F)cc2[N+](=O)[O-])cc(C2CC2)n1. The van der Waals surface area contributed by atoms with Crippen LogP contribution in [0.1, 0.15) is 30.9 Å². The monoisotopic (exact) mass is 374 g/mol. The minimum absolute atomic E-state index is 0.195. The Balaban J connectivity index is 1.79. The maximum absolute atomic E-state index is 13.3. The van der Waals surface area contributed by atoms with Crippen molar-refractivity contribution in [3.05, 3.63) is 45.9 Å². The fourth-order valence-corrected chi connectivity index (χ4v) is 2.69. The highest BCUT2D eigenvalue weighted by molar-refractivity contribution is 5.68. The zero-order valence-electron chi connectivity index (χ0n) is 15.4. The van der Waals surface area contributed by atoms with Crippen molar-refractivity contribution in [1.82, 2.24) is 14.9 Å². The second-order valence-electron chi connectivity index (χ2n) is 6.90. The predicted octanol–water partition coefficient (Wildman–Crippen LogP) is 3.51. The van der Waals surface area contributed by atoms with Crippen LogP contribution in [0.5, 0.6) is 0 Å². The zero-order valence-corrected chi connectivity index (χ0v) is 15.4. The van der Waals surface area contributed by atoms with Crippen molar-refractivity contribution in [3.8, 4) is 0 Å². The molecule has 1 fully saturated rings. The fraction of sp³-hybridized carbons (Fsp3) is 0.444. The van der Waals surface area contributed by atoms with Crippen molar-refractivity contribution in [1.29, 1.82) is 0 Å². The van der Waals surface area contributed by atoms with E-state index in [9.17, 15) is 14.5 Å². The molecule has 0 radical (unpaired) electrons. The number of benzene rings is 1. The number of anilines is 3. The largest absolute Gasteiger partial charge is 0.354 e. The average Bonchev–Trinajstić information content (AvgIpc) is 3.45.